The second-order valence-electron chi connectivity index (χ2n) is 3.52. The summed E-state index contributed by atoms with van der Waals surface area (Å²) >= 11 is 0. The summed E-state index contributed by atoms with van der Waals surface area (Å²) in [6, 6.07) is 0. The van der Waals surface area contributed by atoms with Gasteiger partial charge in [0.15, 0.2) is 5.71 Å². The Hall–Kier alpha value is -1.32. The largest absolute Gasteiger partial charge is 0.461 e. The Morgan fingerprint density at radius 2 is 2.50 bits per heavy atom. The summed E-state index contributed by atoms with van der Waals surface area (Å²) in [5.74, 6) is 0.560. The predicted molar refractivity (Wildman–Crippen MR) is 50.6 cm³/mol. The second kappa shape index (κ2) is 3.44. The van der Waals surface area contributed by atoms with E-state index in [4.69, 9.17) is 9.57 Å². The molecule has 0 spiro atoms. The van der Waals surface area contributed by atoms with Crippen LogP contribution in [0.4, 0.5) is 0 Å². The van der Waals surface area contributed by atoms with Gasteiger partial charge in [-0.25, -0.2) is 4.79 Å². The van der Waals surface area contributed by atoms with Crippen molar-refractivity contribution in [3.05, 3.63) is 11.3 Å². The molecule has 14 heavy (non-hydrogen) atoms. The number of fused-ring (bicyclic) bond motifs is 1. The van der Waals surface area contributed by atoms with E-state index in [-0.39, 0.29) is 11.9 Å². The van der Waals surface area contributed by atoms with Gasteiger partial charge in [-0.05, 0) is 32.3 Å². The van der Waals surface area contributed by atoms with E-state index in [1.807, 2.05) is 6.92 Å². The zero-order chi connectivity index (χ0) is 10.1. The van der Waals surface area contributed by atoms with Crippen molar-refractivity contribution in [1.82, 2.24) is 0 Å². The number of carbonyl (C=O) groups is 1. The summed E-state index contributed by atoms with van der Waals surface area (Å²) in [7, 11) is 0. The van der Waals surface area contributed by atoms with Crippen molar-refractivity contribution < 1.29 is 14.4 Å². The van der Waals surface area contributed by atoms with Crippen LogP contribution in [-0.2, 0) is 14.4 Å². The molecule has 0 bridgehead atoms. The van der Waals surface area contributed by atoms with E-state index < -0.39 is 0 Å². The van der Waals surface area contributed by atoms with Crippen LogP contribution in [0.3, 0.4) is 0 Å². The topological polar surface area (TPSA) is 47.9 Å². The molecule has 0 aromatic rings. The van der Waals surface area contributed by atoms with Gasteiger partial charge in [0.1, 0.15) is 5.76 Å². The zero-order valence-electron chi connectivity index (χ0n) is 8.37. The maximum atomic E-state index is 11.4. The second-order valence-corrected chi connectivity index (χ2v) is 3.52. The van der Waals surface area contributed by atoms with Crippen LogP contribution < -0.4 is 0 Å². The van der Waals surface area contributed by atoms with Crippen molar-refractivity contribution >= 4 is 11.7 Å². The summed E-state index contributed by atoms with van der Waals surface area (Å²) in [4.78, 5) is 16.6. The van der Waals surface area contributed by atoms with Crippen molar-refractivity contribution in [2.45, 2.75) is 26.7 Å². The molecular formula is C10H13NO3. The van der Waals surface area contributed by atoms with Crippen LogP contribution in [0, 0.1) is 5.92 Å². The van der Waals surface area contributed by atoms with E-state index >= 15 is 0 Å². The Balaban J connectivity index is 2.14. The maximum Gasteiger partial charge on any atom is 0.356 e. The molecule has 4 heteroatoms. The number of ether oxygens (including phenoxy) is 1. The third-order valence-electron chi connectivity index (χ3n) is 2.60. The first-order chi connectivity index (χ1) is 6.74. The highest BCUT2D eigenvalue weighted by molar-refractivity contribution is 6.38. The molecule has 0 aromatic heterocycles. The number of oxime groups is 1. The Labute approximate surface area is 82.6 Å². The average Bonchev–Trinajstić information content (AvgIpc) is 2.69. The van der Waals surface area contributed by atoms with E-state index in [1.165, 1.54) is 5.57 Å². The Kier molecular flexibility index (Phi) is 2.27. The van der Waals surface area contributed by atoms with Crippen LogP contribution in [0.25, 0.3) is 0 Å². The molecule has 0 amide bonds. The summed E-state index contributed by atoms with van der Waals surface area (Å²) < 4.78 is 4.90. The van der Waals surface area contributed by atoms with Crippen molar-refractivity contribution in [2.75, 3.05) is 6.61 Å². The molecule has 4 nitrogen and oxygen atoms in total. The van der Waals surface area contributed by atoms with E-state index in [0.29, 0.717) is 12.3 Å². The molecule has 1 heterocycles. The third kappa shape index (κ3) is 1.31. The minimum absolute atomic E-state index is 0.0500. The van der Waals surface area contributed by atoms with Gasteiger partial charge in [-0.2, -0.15) is 0 Å². The van der Waals surface area contributed by atoms with Gasteiger partial charge >= 0.3 is 5.97 Å². The number of rotatable bonds is 2. The number of nitrogens with zero attached hydrogens (tertiary/aromatic N) is 1. The molecule has 0 saturated heterocycles. The smallest absolute Gasteiger partial charge is 0.356 e. The van der Waals surface area contributed by atoms with Gasteiger partial charge in [0, 0.05) is 0 Å². The summed E-state index contributed by atoms with van der Waals surface area (Å²) in [6.07, 6.45) is 1.90. The Morgan fingerprint density at radius 3 is 3.21 bits per heavy atom. The van der Waals surface area contributed by atoms with E-state index in [1.54, 1.807) is 6.92 Å². The van der Waals surface area contributed by atoms with Gasteiger partial charge in [-0.1, -0.05) is 5.16 Å². The number of hydrogen-bond acceptors (Lipinski definition) is 4. The lowest BCUT2D eigenvalue weighted by molar-refractivity contribution is -0.135. The molecule has 1 aliphatic carbocycles. The SMILES string of the molecule is CCOC(=O)C1=NOC2=C(C)CCC12. The van der Waals surface area contributed by atoms with Crippen LogP contribution >= 0.6 is 0 Å². The van der Waals surface area contributed by atoms with Crippen molar-refractivity contribution in [3.63, 3.8) is 0 Å². The van der Waals surface area contributed by atoms with Crippen molar-refractivity contribution in [1.29, 1.82) is 0 Å². The number of esters is 1. The minimum Gasteiger partial charge on any atom is -0.461 e. The normalized spacial score (nSPS) is 24.4. The standard InChI is InChI=1S/C10H13NO3/c1-3-13-10(12)8-7-5-4-6(2)9(7)14-11-8/h7H,3-5H2,1-2H3. The van der Waals surface area contributed by atoms with Gasteiger partial charge in [-0.3, -0.25) is 0 Å². The van der Waals surface area contributed by atoms with Gasteiger partial charge in [0.25, 0.3) is 0 Å². The van der Waals surface area contributed by atoms with Crippen LogP contribution in [0.5, 0.6) is 0 Å². The lowest BCUT2D eigenvalue weighted by atomic mass is 10.0. The van der Waals surface area contributed by atoms with Crippen molar-refractivity contribution in [3.8, 4) is 0 Å². The van der Waals surface area contributed by atoms with Gasteiger partial charge in [-0.15, -0.1) is 0 Å². The van der Waals surface area contributed by atoms with Crippen LogP contribution in [0.1, 0.15) is 26.7 Å². The highest BCUT2D eigenvalue weighted by atomic mass is 16.6. The van der Waals surface area contributed by atoms with Gasteiger partial charge in [0.05, 0.1) is 12.5 Å². The molecule has 2 aliphatic rings. The number of allylic oxidation sites excluding steroid dienone is 2. The summed E-state index contributed by atoms with van der Waals surface area (Å²) in [5, 5.41) is 3.77. The number of carbonyl (C=O) groups excluding carboxylic acids is 1. The molecule has 0 saturated carbocycles. The highest BCUT2D eigenvalue weighted by Crippen LogP contribution is 2.37. The minimum atomic E-state index is -0.345. The quantitative estimate of drug-likeness (QED) is 0.629. The lowest BCUT2D eigenvalue weighted by Gasteiger charge is -2.04. The first-order valence-electron chi connectivity index (χ1n) is 4.85. The van der Waals surface area contributed by atoms with E-state index in [2.05, 4.69) is 5.16 Å². The Bertz CT molecular complexity index is 330. The fraction of sp³-hybridized carbons (Fsp3) is 0.600. The van der Waals surface area contributed by atoms with E-state index in [9.17, 15) is 4.79 Å². The fourth-order valence-corrected chi connectivity index (χ4v) is 1.86. The summed E-state index contributed by atoms with van der Waals surface area (Å²) in [5.41, 5.74) is 1.62. The van der Waals surface area contributed by atoms with Gasteiger partial charge < -0.3 is 9.57 Å². The first-order valence-corrected chi connectivity index (χ1v) is 4.85. The molecule has 0 N–H and O–H groups in total. The maximum absolute atomic E-state index is 11.4. The molecule has 0 aromatic carbocycles. The third-order valence-corrected chi connectivity index (χ3v) is 2.60. The molecule has 0 fully saturated rings. The Morgan fingerprint density at radius 1 is 1.71 bits per heavy atom. The predicted octanol–water partition coefficient (Wildman–Crippen LogP) is 1.62. The fourth-order valence-electron chi connectivity index (χ4n) is 1.86. The monoisotopic (exact) mass is 195 g/mol. The van der Waals surface area contributed by atoms with Gasteiger partial charge in [0.2, 0.25) is 0 Å². The van der Waals surface area contributed by atoms with Crippen molar-refractivity contribution in [2.24, 2.45) is 11.1 Å². The molecule has 1 atom stereocenters. The molecular weight excluding hydrogens is 182 g/mol. The molecule has 2 rings (SSSR count). The van der Waals surface area contributed by atoms with Crippen LogP contribution in [0.15, 0.2) is 16.5 Å². The van der Waals surface area contributed by atoms with Crippen LogP contribution in [-0.4, -0.2) is 18.3 Å². The zero-order valence-corrected chi connectivity index (χ0v) is 8.37. The molecule has 76 valence electrons. The highest BCUT2D eigenvalue weighted by Gasteiger charge is 2.39. The average molecular weight is 195 g/mol. The molecule has 0 radical (unpaired) electrons. The summed E-state index contributed by atoms with van der Waals surface area (Å²) in [6.45, 7) is 4.17. The van der Waals surface area contributed by atoms with Crippen LogP contribution in [0.2, 0.25) is 0 Å². The molecule has 1 unspecified atom stereocenters. The van der Waals surface area contributed by atoms with E-state index in [0.717, 1.165) is 18.6 Å². The first kappa shape index (κ1) is 9.24. The molecule has 1 aliphatic heterocycles. The number of hydrogen-bond donors (Lipinski definition) is 0. The lowest BCUT2D eigenvalue weighted by Crippen LogP contribution is -2.22.